The molecule has 2 heterocycles. The maximum absolute atomic E-state index is 13.2. The largest absolute Gasteiger partial charge is 0.326 e. The zero-order chi connectivity index (χ0) is 14.1. The normalized spacial score (nSPS) is 17.2. The first-order chi connectivity index (χ1) is 9.63. The van der Waals surface area contributed by atoms with Gasteiger partial charge in [-0.2, -0.15) is 0 Å². The Balaban J connectivity index is 1.90. The highest BCUT2D eigenvalue weighted by Crippen LogP contribution is 2.33. The molecule has 3 rings (SSSR count). The Morgan fingerprint density at radius 3 is 3.10 bits per heavy atom. The molecule has 20 heavy (non-hydrogen) atoms. The van der Waals surface area contributed by atoms with Crippen LogP contribution in [0.3, 0.4) is 0 Å². The van der Waals surface area contributed by atoms with Gasteiger partial charge in [0.15, 0.2) is 0 Å². The molecule has 102 valence electrons. The number of halogens is 1. The van der Waals surface area contributed by atoms with Crippen molar-refractivity contribution in [1.29, 1.82) is 0 Å². The molecule has 0 saturated carbocycles. The molecule has 8 heteroatoms. The lowest BCUT2D eigenvalue weighted by atomic mass is 9.90. The van der Waals surface area contributed by atoms with Crippen molar-refractivity contribution in [2.75, 3.05) is 10.6 Å². The van der Waals surface area contributed by atoms with E-state index >= 15 is 0 Å². The smallest absolute Gasteiger partial charge is 0.234 e. The third-order valence-corrected chi connectivity index (χ3v) is 3.57. The Kier molecular flexibility index (Phi) is 3.15. The molecule has 1 unspecified atom stereocenters. The van der Waals surface area contributed by atoms with Crippen molar-refractivity contribution in [3.05, 3.63) is 35.1 Å². The van der Waals surface area contributed by atoms with Crippen molar-refractivity contribution >= 4 is 34.0 Å². The van der Waals surface area contributed by atoms with Crippen LogP contribution in [0.15, 0.2) is 23.7 Å². The van der Waals surface area contributed by atoms with E-state index in [2.05, 4.69) is 20.8 Å². The Morgan fingerprint density at radius 1 is 1.50 bits per heavy atom. The Bertz CT molecular complexity index is 674. The molecule has 0 saturated heterocycles. The molecule has 0 radical (unpaired) electrons. The minimum Gasteiger partial charge on any atom is -0.326 e. The fourth-order valence-corrected chi connectivity index (χ4v) is 2.54. The van der Waals surface area contributed by atoms with Gasteiger partial charge in [-0.05, 0) is 17.7 Å². The predicted octanol–water partition coefficient (Wildman–Crippen LogP) is 1.74. The van der Waals surface area contributed by atoms with Crippen LogP contribution in [0.25, 0.3) is 0 Å². The number of benzene rings is 1. The molecule has 2 aromatic rings. The van der Waals surface area contributed by atoms with Crippen molar-refractivity contribution in [3.63, 3.8) is 0 Å². The highest BCUT2D eigenvalue weighted by molar-refractivity contribution is 7.13. The van der Waals surface area contributed by atoms with Crippen LogP contribution in [0.4, 0.5) is 15.2 Å². The number of carbonyl (C=O) groups is 2. The fourth-order valence-electron chi connectivity index (χ4n) is 2.09. The Hall–Kier alpha value is -2.35. The number of carbonyl (C=O) groups excluding carboxylic acids is 2. The molecule has 0 bridgehead atoms. The first kappa shape index (κ1) is 12.7. The number of hydrogen-bond donors (Lipinski definition) is 2. The van der Waals surface area contributed by atoms with Gasteiger partial charge in [-0.15, -0.1) is 10.2 Å². The van der Waals surface area contributed by atoms with Crippen molar-refractivity contribution in [1.82, 2.24) is 10.2 Å². The van der Waals surface area contributed by atoms with Crippen molar-refractivity contribution in [3.8, 4) is 0 Å². The number of hydrogen-bond acceptors (Lipinski definition) is 5. The van der Waals surface area contributed by atoms with Gasteiger partial charge >= 0.3 is 0 Å². The van der Waals surface area contributed by atoms with Crippen LogP contribution in [0.1, 0.15) is 17.9 Å². The zero-order valence-corrected chi connectivity index (χ0v) is 10.9. The van der Waals surface area contributed by atoms with E-state index < -0.39 is 11.7 Å². The molecular formula is C12H9FN4O2S. The topological polar surface area (TPSA) is 84.0 Å². The van der Waals surface area contributed by atoms with Gasteiger partial charge in [-0.1, -0.05) is 17.4 Å². The van der Waals surface area contributed by atoms with Crippen molar-refractivity contribution in [2.24, 2.45) is 0 Å². The summed E-state index contributed by atoms with van der Waals surface area (Å²) in [7, 11) is 0. The molecule has 0 fully saturated rings. The fraction of sp³-hybridized carbons (Fsp3) is 0.167. The molecule has 0 spiro atoms. The molecule has 0 aliphatic carbocycles. The van der Waals surface area contributed by atoms with Crippen molar-refractivity contribution in [2.45, 2.75) is 12.3 Å². The average molecular weight is 292 g/mol. The standard InChI is InChI=1S/C12H9FN4O2S/c13-6-1-2-7-8(4-10(18)15-9(7)3-6)11(19)16-12-17-14-5-20-12/h1-3,5,8H,4H2,(H,15,18)(H,16,17,19). The maximum atomic E-state index is 13.2. The van der Waals surface area contributed by atoms with Crippen LogP contribution in [-0.4, -0.2) is 22.0 Å². The van der Waals surface area contributed by atoms with Gasteiger partial charge in [0.25, 0.3) is 0 Å². The summed E-state index contributed by atoms with van der Waals surface area (Å²) < 4.78 is 13.2. The van der Waals surface area contributed by atoms with Gasteiger partial charge in [0.2, 0.25) is 16.9 Å². The first-order valence-corrected chi connectivity index (χ1v) is 6.68. The van der Waals surface area contributed by atoms with Crippen molar-refractivity contribution < 1.29 is 14.0 Å². The lowest BCUT2D eigenvalue weighted by Gasteiger charge is -2.24. The number of rotatable bonds is 2. The van der Waals surface area contributed by atoms with Crippen LogP contribution in [-0.2, 0) is 9.59 Å². The van der Waals surface area contributed by atoms with E-state index in [0.717, 1.165) is 0 Å². The van der Waals surface area contributed by atoms with Crippen LogP contribution in [0.2, 0.25) is 0 Å². The summed E-state index contributed by atoms with van der Waals surface area (Å²) in [5.74, 6) is -1.80. The molecule has 1 aliphatic heterocycles. The Labute approximate surface area is 117 Å². The second-order valence-electron chi connectivity index (χ2n) is 4.27. The SMILES string of the molecule is O=C1CC(C(=O)Nc2nncs2)c2ccc(F)cc2N1. The third kappa shape index (κ3) is 2.37. The second kappa shape index (κ2) is 4.97. The van der Waals surface area contributed by atoms with E-state index in [4.69, 9.17) is 0 Å². The summed E-state index contributed by atoms with van der Waals surface area (Å²) in [5, 5.41) is 12.9. The van der Waals surface area contributed by atoms with Gasteiger partial charge in [-0.25, -0.2) is 4.39 Å². The molecule has 1 aromatic heterocycles. The number of fused-ring (bicyclic) bond motifs is 1. The highest BCUT2D eigenvalue weighted by Gasteiger charge is 2.31. The van der Waals surface area contributed by atoms with Gasteiger partial charge in [-0.3, -0.25) is 14.9 Å². The summed E-state index contributed by atoms with van der Waals surface area (Å²) in [6.07, 6.45) is 0.0171. The average Bonchev–Trinajstić information content (AvgIpc) is 2.90. The van der Waals surface area contributed by atoms with Gasteiger partial charge < -0.3 is 5.32 Å². The molecule has 1 aliphatic rings. The van der Waals surface area contributed by atoms with Gasteiger partial charge in [0.1, 0.15) is 11.3 Å². The van der Waals surface area contributed by atoms with E-state index in [1.54, 1.807) is 0 Å². The lowest BCUT2D eigenvalue weighted by molar-refractivity contribution is -0.123. The highest BCUT2D eigenvalue weighted by atomic mass is 32.1. The summed E-state index contributed by atoms with van der Waals surface area (Å²) in [6.45, 7) is 0. The Morgan fingerprint density at radius 2 is 2.35 bits per heavy atom. The monoisotopic (exact) mass is 292 g/mol. The molecule has 2 amide bonds. The van der Waals surface area contributed by atoms with Crippen LogP contribution in [0.5, 0.6) is 0 Å². The zero-order valence-electron chi connectivity index (χ0n) is 10.1. The third-order valence-electron chi connectivity index (χ3n) is 2.96. The van der Waals surface area contributed by atoms with E-state index in [-0.39, 0.29) is 18.2 Å². The van der Waals surface area contributed by atoms with Crippen LogP contribution >= 0.6 is 11.3 Å². The van der Waals surface area contributed by atoms with Gasteiger partial charge in [0.05, 0.1) is 5.92 Å². The molecule has 1 aromatic carbocycles. The molecule has 6 nitrogen and oxygen atoms in total. The minimum atomic E-state index is -0.664. The lowest BCUT2D eigenvalue weighted by Crippen LogP contribution is -2.30. The van der Waals surface area contributed by atoms with Gasteiger partial charge in [0, 0.05) is 12.1 Å². The van der Waals surface area contributed by atoms with Crippen LogP contribution in [0, 0.1) is 5.82 Å². The number of amides is 2. The second-order valence-corrected chi connectivity index (χ2v) is 5.10. The van der Waals surface area contributed by atoms with E-state index in [9.17, 15) is 14.0 Å². The van der Waals surface area contributed by atoms with E-state index in [0.29, 0.717) is 16.4 Å². The molecule has 1 atom stereocenters. The van der Waals surface area contributed by atoms with E-state index in [1.807, 2.05) is 0 Å². The minimum absolute atomic E-state index is 0.0171. The van der Waals surface area contributed by atoms with Crippen LogP contribution < -0.4 is 10.6 Å². The summed E-state index contributed by atoms with van der Waals surface area (Å²) in [5.41, 5.74) is 2.42. The summed E-state index contributed by atoms with van der Waals surface area (Å²) in [6, 6.07) is 3.98. The van der Waals surface area contributed by atoms with E-state index in [1.165, 1.54) is 35.0 Å². The number of nitrogens with zero attached hydrogens (tertiary/aromatic N) is 2. The number of aromatic nitrogens is 2. The first-order valence-electron chi connectivity index (χ1n) is 5.80. The summed E-state index contributed by atoms with van der Waals surface area (Å²) in [4.78, 5) is 23.8. The molecular weight excluding hydrogens is 283 g/mol. The maximum Gasteiger partial charge on any atom is 0.234 e. The quantitative estimate of drug-likeness (QED) is 0.883. The molecule has 2 N–H and O–H groups in total. The number of anilines is 2. The summed E-state index contributed by atoms with van der Waals surface area (Å²) >= 11 is 1.19. The number of nitrogens with one attached hydrogen (secondary N) is 2. The predicted molar refractivity (Wildman–Crippen MR) is 70.9 cm³/mol.